The number of aromatic hydroxyl groups is 1. The Kier molecular flexibility index (Phi) is 6.62. The van der Waals surface area contributed by atoms with Crippen molar-refractivity contribution in [2.24, 2.45) is 0 Å². The summed E-state index contributed by atoms with van der Waals surface area (Å²) in [5.74, 6) is -1.76. The minimum atomic E-state index is -0.683. The van der Waals surface area contributed by atoms with E-state index in [0.29, 0.717) is 0 Å². The number of carbonyl (C=O) groups excluding carboxylic acids is 2. The largest absolute Gasteiger partial charge is 0.506 e. The number of ether oxygens (including phenoxy) is 1. The highest BCUT2D eigenvalue weighted by Gasteiger charge is 2.11. The van der Waals surface area contributed by atoms with Crippen molar-refractivity contribution >= 4 is 40.6 Å². The lowest BCUT2D eigenvalue weighted by molar-refractivity contribution is -0.384. The van der Waals surface area contributed by atoms with E-state index in [4.69, 9.17) is 12.2 Å². The standard InChI is InChI=1S/C13H13N3O6S/c1-2-22-12(19)6-5-11(18)15-13(23)14-9-4-3-8(16(20)21)7-10(9)17/h3-7,17H,2H2,1H3,(H2,14,15,18,23). The molecule has 0 aliphatic rings. The molecule has 0 radical (unpaired) electrons. The summed E-state index contributed by atoms with van der Waals surface area (Å²) in [5.41, 5.74) is -0.212. The van der Waals surface area contributed by atoms with Gasteiger partial charge in [0.15, 0.2) is 5.11 Å². The van der Waals surface area contributed by atoms with E-state index in [-0.39, 0.29) is 23.1 Å². The van der Waals surface area contributed by atoms with Gasteiger partial charge < -0.3 is 15.2 Å². The smallest absolute Gasteiger partial charge is 0.330 e. The van der Waals surface area contributed by atoms with Crippen molar-refractivity contribution in [3.63, 3.8) is 0 Å². The number of nitro benzene ring substituents is 1. The van der Waals surface area contributed by atoms with Crippen molar-refractivity contribution in [3.8, 4) is 5.75 Å². The van der Waals surface area contributed by atoms with E-state index < -0.39 is 22.5 Å². The van der Waals surface area contributed by atoms with Crippen molar-refractivity contribution < 1.29 is 24.4 Å². The fourth-order valence-electron chi connectivity index (χ4n) is 1.38. The highest BCUT2D eigenvalue weighted by molar-refractivity contribution is 7.80. The second kappa shape index (κ2) is 8.44. The molecule has 1 rings (SSSR count). The molecule has 0 atom stereocenters. The Balaban J connectivity index is 2.61. The van der Waals surface area contributed by atoms with Crippen molar-refractivity contribution in [3.05, 3.63) is 40.5 Å². The molecule has 0 bridgehead atoms. The minimum absolute atomic E-state index is 0.0790. The molecule has 23 heavy (non-hydrogen) atoms. The molecule has 0 aliphatic carbocycles. The number of hydrogen-bond acceptors (Lipinski definition) is 7. The maximum atomic E-state index is 11.5. The summed E-state index contributed by atoms with van der Waals surface area (Å²) in [5, 5.41) is 24.8. The zero-order valence-corrected chi connectivity index (χ0v) is 12.8. The Morgan fingerprint density at radius 2 is 2.13 bits per heavy atom. The van der Waals surface area contributed by atoms with Crippen LogP contribution in [0.5, 0.6) is 5.75 Å². The van der Waals surface area contributed by atoms with Crippen molar-refractivity contribution in [2.45, 2.75) is 6.92 Å². The van der Waals surface area contributed by atoms with E-state index in [1.807, 2.05) is 0 Å². The quantitative estimate of drug-likeness (QED) is 0.182. The molecule has 0 saturated carbocycles. The molecule has 122 valence electrons. The van der Waals surface area contributed by atoms with Crippen LogP contribution in [0, 0.1) is 10.1 Å². The predicted octanol–water partition coefficient (Wildman–Crippen LogP) is 1.23. The highest BCUT2D eigenvalue weighted by atomic mass is 32.1. The Bertz CT molecular complexity index is 674. The van der Waals surface area contributed by atoms with E-state index >= 15 is 0 Å². The molecule has 0 spiro atoms. The number of phenols is 1. The number of rotatable bonds is 5. The van der Waals surface area contributed by atoms with Crippen LogP contribution >= 0.6 is 12.2 Å². The third kappa shape index (κ3) is 6.09. The van der Waals surface area contributed by atoms with Gasteiger partial charge in [-0.25, -0.2) is 4.79 Å². The molecule has 3 N–H and O–H groups in total. The van der Waals surface area contributed by atoms with Gasteiger partial charge in [0.05, 0.1) is 23.3 Å². The van der Waals surface area contributed by atoms with Crippen LogP contribution in [0.2, 0.25) is 0 Å². The zero-order chi connectivity index (χ0) is 17.4. The lowest BCUT2D eigenvalue weighted by Gasteiger charge is -2.09. The number of hydrogen-bond donors (Lipinski definition) is 3. The van der Waals surface area contributed by atoms with Gasteiger partial charge in [-0.05, 0) is 25.2 Å². The molecule has 1 amide bonds. The van der Waals surface area contributed by atoms with Crippen LogP contribution in [0.25, 0.3) is 0 Å². The van der Waals surface area contributed by atoms with Crippen LogP contribution < -0.4 is 10.6 Å². The molecule has 9 nitrogen and oxygen atoms in total. The topological polar surface area (TPSA) is 131 Å². The molecule has 0 fully saturated rings. The van der Waals surface area contributed by atoms with Crippen LogP contribution in [-0.2, 0) is 14.3 Å². The molecular weight excluding hydrogens is 326 g/mol. The molecule has 1 aromatic rings. The average molecular weight is 339 g/mol. The van der Waals surface area contributed by atoms with Gasteiger partial charge in [0.1, 0.15) is 5.75 Å². The number of nitrogens with zero attached hydrogens (tertiary/aromatic N) is 1. The van der Waals surface area contributed by atoms with Crippen molar-refractivity contribution in [2.75, 3.05) is 11.9 Å². The van der Waals surface area contributed by atoms with Gasteiger partial charge in [-0.2, -0.15) is 0 Å². The van der Waals surface area contributed by atoms with Crippen LogP contribution in [-0.4, -0.2) is 33.6 Å². The molecule has 0 aromatic heterocycles. The third-order valence-electron chi connectivity index (χ3n) is 2.33. The summed E-state index contributed by atoms with van der Waals surface area (Å²) < 4.78 is 4.60. The number of esters is 1. The van der Waals surface area contributed by atoms with E-state index in [1.54, 1.807) is 6.92 Å². The third-order valence-corrected chi connectivity index (χ3v) is 2.54. The molecule has 10 heteroatoms. The first kappa shape index (κ1) is 18.0. The monoisotopic (exact) mass is 339 g/mol. The first-order valence-corrected chi connectivity index (χ1v) is 6.68. The summed E-state index contributed by atoms with van der Waals surface area (Å²) >= 11 is 4.85. The van der Waals surface area contributed by atoms with Crippen molar-refractivity contribution in [1.29, 1.82) is 0 Å². The predicted molar refractivity (Wildman–Crippen MR) is 84.9 cm³/mol. The number of phenolic OH excluding ortho intramolecular Hbond substituents is 1. The van der Waals surface area contributed by atoms with Crippen LogP contribution in [0.1, 0.15) is 6.92 Å². The summed E-state index contributed by atoms with van der Waals surface area (Å²) in [6.45, 7) is 1.81. The van der Waals surface area contributed by atoms with Gasteiger partial charge in [0, 0.05) is 18.2 Å². The molecular formula is C13H13N3O6S. The molecule has 0 saturated heterocycles. The summed E-state index contributed by atoms with van der Waals surface area (Å²) in [6, 6.07) is 3.33. The van der Waals surface area contributed by atoms with Gasteiger partial charge >= 0.3 is 5.97 Å². The molecule has 0 unspecified atom stereocenters. The number of amides is 1. The Hall–Kier alpha value is -3.01. The summed E-state index contributed by atoms with van der Waals surface area (Å²) in [4.78, 5) is 32.4. The van der Waals surface area contributed by atoms with Crippen LogP contribution in [0.3, 0.4) is 0 Å². The Morgan fingerprint density at radius 3 is 2.70 bits per heavy atom. The second-order valence-electron chi connectivity index (χ2n) is 3.99. The number of carbonyl (C=O) groups is 2. The number of benzene rings is 1. The lowest BCUT2D eigenvalue weighted by atomic mass is 10.2. The molecule has 0 aliphatic heterocycles. The van der Waals surface area contributed by atoms with Gasteiger partial charge in [-0.1, -0.05) is 0 Å². The fraction of sp³-hybridized carbons (Fsp3) is 0.154. The van der Waals surface area contributed by atoms with E-state index in [2.05, 4.69) is 15.4 Å². The highest BCUT2D eigenvalue weighted by Crippen LogP contribution is 2.27. The molecule has 0 heterocycles. The zero-order valence-electron chi connectivity index (χ0n) is 11.9. The normalized spacial score (nSPS) is 10.1. The first-order valence-electron chi connectivity index (χ1n) is 6.27. The fourth-order valence-corrected chi connectivity index (χ4v) is 1.59. The summed E-state index contributed by atoms with van der Waals surface area (Å²) in [6.07, 6.45) is 1.87. The van der Waals surface area contributed by atoms with Gasteiger partial charge in [0.25, 0.3) is 5.69 Å². The first-order chi connectivity index (χ1) is 10.8. The van der Waals surface area contributed by atoms with Crippen LogP contribution in [0.15, 0.2) is 30.4 Å². The average Bonchev–Trinajstić information content (AvgIpc) is 2.47. The Morgan fingerprint density at radius 1 is 1.43 bits per heavy atom. The number of anilines is 1. The maximum absolute atomic E-state index is 11.5. The number of non-ortho nitro benzene ring substituents is 1. The second-order valence-corrected chi connectivity index (χ2v) is 4.40. The lowest BCUT2D eigenvalue weighted by Crippen LogP contribution is -2.33. The van der Waals surface area contributed by atoms with Gasteiger partial charge in [-0.3, -0.25) is 20.2 Å². The SMILES string of the molecule is CCOC(=O)C=CC(=O)NC(=S)Nc1ccc([N+](=O)[O-])cc1O. The van der Waals surface area contributed by atoms with Crippen molar-refractivity contribution in [1.82, 2.24) is 5.32 Å². The van der Waals surface area contributed by atoms with Gasteiger partial charge in [0.2, 0.25) is 5.91 Å². The number of nitro groups is 1. The minimum Gasteiger partial charge on any atom is -0.506 e. The van der Waals surface area contributed by atoms with E-state index in [9.17, 15) is 24.8 Å². The summed E-state index contributed by atoms with van der Waals surface area (Å²) in [7, 11) is 0. The number of thiocarbonyl (C=S) groups is 1. The van der Waals surface area contributed by atoms with E-state index in [1.165, 1.54) is 6.07 Å². The van der Waals surface area contributed by atoms with Crippen LogP contribution in [0.4, 0.5) is 11.4 Å². The molecule has 1 aromatic carbocycles. The number of nitrogens with one attached hydrogen (secondary N) is 2. The Labute approximate surface area is 136 Å². The van der Waals surface area contributed by atoms with E-state index in [0.717, 1.165) is 24.3 Å². The van der Waals surface area contributed by atoms with Gasteiger partial charge in [-0.15, -0.1) is 0 Å². The maximum Gasteiger partial charge on any atom is 0.330 e.